The zero-order valence-corrected chi connectivity index (χ0v) is 34.9. The van der Waals surface area contributed by atoms with Crippen LogP contribution in [-0.4, -0.2) is 16.2 Å². The predicted octanol–water partition coefficient (Wildman–Crippen LogP) is 14.1. The molecule has 0 N–H and O–H groups in total. The standard InChI is InChI=1S/C52H43N5O4/c1-51(2,3)31-19-20-53-47(25-31)56-39-12-8-7-11-37(39)38-18-17-35(29-40(38)56)58-36-24-32(52(4,5)6)23-33(26-36)54-21-22-55(30-54)34-27-45-50-46(28-34)61-44-16-10-14-42-49(44)57(50)48-41(59-42)13-9-15-43(48)60-45/h7-29H,30H2,1-6H3. The Hall–Kier alpha value is -7.39. The molecule has 0 radical (unpaired) electrons. The molecular formula is C52H43N5O4. The van der Waals surface area contributed by atoms with E-state index in [2.05, 4.69) is 158 Å². The van der Waals surface area contributed by atoms with Gasteiger partial charge in [0.15, 0.2) is 34.5 Å². The SMILES string of the molecule is CC(C)(C)c1cc(Oc2ccc3c4ccccc4n(-c4cc(C(C)(C)C)ccn4)c3c2)cc(N2C=CN(c3cc4c5c(c3)Oc3cccc6c3N5c3c(cccc3O4)O6)C2)c1. The van der Waals surface area contributed by atoms with Crippen molar-refractivity contribution in [2.45, 2.75) is 52.4 Å². The lowest BCUT2D eigenvalue weighted by Crippen LogP contribution is -2.26. The second-order valence-electron chi connectivity index (χ2n) is 18.3. The van der Waals surface area contributed by atoms with Crippen LogP contribution in [0.2, 0.25) is 0 Å². The Balaban J connectivity index is 0.883. The molecular weight excluding hydrogens is 759 g/mol. The summed E-state index contributed by atoms with van der Waals surface area (Å²) in [7, 11) is 0. The van der Waals surface area contributed by atoms with E-state index in [0.29, 0.717) is 6.67 Å². The number of hydrogen-bond donors (Lipinski definition) is 0. The average molecular weight is 802 g/mol. The molecule has 9 nitrogen and oxygen atoms in total. The van der Waals surface area contributed by atoms with E-state index in [1.54, 1.807) is 0 Å². The second kappa shape index (κ2) is 12.6. The number of ether oxygens (including phenoxy) is 4. The van der Waals surface area contributed by atoms with Crippen molar-refractivity contribution in [1.82, 2.24) is 9.55 Å². The van der Waals surface area contributed by atoms with Crippen LogP contribution < -0.4 is 33.6 Å². The lowest BCUT2D eigenvalue weighted by Gasteiger charge is -2.42. The summed E-state index contributed by atoms with van der Waals surface area (Å²) in [6, 6.07) is 41.8. The maximum Gasteiger partial charge on any atom is 0.157 e. The van der Waals surface area contributed by atoms with Gasteiger partial charge in [-0.2, -0.15) is 0 Å². The third-order valence-corrected chi connectivity index (χ3v) is 12.2. The van der Waals surface area contributed by atoms with Gasteiger partial charge in [-0.1, -0.05) is 71.9 Å². The molecule has 0 saturated heterocycles. The van der Waals surface area contributed by atoms with E-state index in [1.807, 2.05) is 42.6 Å². The van der Waals surface area contributed by atoms with Crippen molar-refractivity contribution < 1.29 is 18.9 Å². The van der Waals surface area contributed by atoms with Crippen LogP contribution in [0.4, 0.5) is 28.4 Å². The number of fused-ring (bicyclic) bond motifs is 3. The molecule has 8 aromatic rings. The summed E-state index contributed by atoms with van der Waals surface area (Å²) >= 11 is 0. The zero-order valence-electron chi connectivity index (χ0n) is 34.9. The highest BCUT2D eigenvalue weighted by atomic mass is 16.5. The molecule has 0 atom stereocenters. The van der Waals surface area contributed by atoms with Crippen molar-refractivity contribution in [3.8, 4) is 51.8 Å². The molecule has 6 heterocycles. The van der Waals surface area contributed by atoms with Crippen molar-refractivity contribution >= 4 is 50.2 Å². The monoisotopic (exact) mass is 801 g/mol. The number of anilines is 5. The smallest absolute Gasteiger partial charge is 0.157 e. The van der Waals surface area contributed by atoms with Crippen molar-refractivity contribution in [3.63, 3.8) is 0 Å². The minimum Gasteiger partial charge on any atom is -0.457 e. The van der Waals surface area contributed by atoms with E-state index in [9.17, 15) is 0 Å². The van der Waals surface area contributed by atoms with Gasteiger partial charge in [-0.15, -0.1) is 0 Å². The molecule has 4 aliphatic rings. The number of aromatic nitrogens is 2. The summed E-state index contributed by atoms with van der Waals surface area (Å²) in [6.45, 7) is 14.0. The summed E-state index contributed by atoms with van der Waals surface area (Å²) < 4.78 is 28.6. The largest absolute Gasteiger partial charge is 0.457 e. The van der Waals surface area contributed by atoms with Crippen molar-refractivity contribution in [2.24, 2.45) is 0 Å². The number of pyridine rings is 1. The molecule has 0 spiro atoms. The van der Waals surface area contributed by atoms with Crippen LogP contribution in [-0.2, 0) is 10.8 Å². The lowest BCUT2D eigenvalue weighted by atomic mass is 9.86. The molecule has 0 fully saturated rings. The summed E-state index contributed by atoms with van der Waals surface area (Å²) in [5.74, 6) is 6.86. The maximum atomic E-state index is 6.83. The van der Waals surface area contributed by atoms with Crippen LogP contribution in [0, 0.1) is 0 Å². The second-order valence-corrected chi connectivity index (χ2v) is 18.3. The molecule has 0 saturated carbocycles. The van der Waals surface area contributed by atoms with Crippen LogP contribution in [0.5, 0.6) is 46.0 Å². The quantitative estimate of drug-likeness (QED) is 0.170. The third-order valence-electron chi connectivity index (χ3n) is 12.2. The number of hydrogen-bond acceptors (Lipinski definition) is 8. The van der Waals surface area contributed by atoms with Gasteiger partial charge in [-0.25, -0.2) is 4.98 Å². The highest BCUT2D eigenvalue weighted by Gasteiger charge is 2.42. The molecule has 0 amide bonds. The topological polar surface area (TPSA) is 64.5 Å². The van der Waals surface area contributed by atoms with Crippen molar-refractivity contribution in [3.05, 3.63) is 151 Å². The highest BCUT2D eigenvalue weighted by molar-refractivity contribution is 6.09. The van der Waals surface area contributed by atoms with Gasteiger partial charge in [-0.3, -0.25) is 9.47 Å². The Bertz CT molecular complexity index is 3110. The molecule has 4 aliphatic heterocycles. The normalized spacial score (nSPS) is 14.6. The minimum absolute atomic E-state index is 0.0136. The lowest BCUT2D eigenvalue weighted by molar-refractivity contribution is 0.418. The van der Waals surface area contributed by atoms with Crippen LogP contribution in [0.3, 0.4) is 0 Å². The van der Waals surface area contributed by atoms with E-state index in [-0.39, 0.29) is 10.8 Å². The number of rotatable bonds is 5. The first kappa shape index (κ1) is 35.5. The van der Waals surface area contributed by atoms with Gasteiger partial charge in [-0.05, 0) is 88.7 Å². The van der Waals surface area contributed by atoms with Gasteiger partial charge in [0.1, 0.15) is 34.4 Å². The highest BCUT2D eigenvalue weighted by Crippen LogP contribution is 2.67. The molecule has 61 heavy (non-hydrogen) atoms. The van der Waals surface area contributed by atoms with Gasteiger partial charge in [0, 0.05) is 65.0 Å². The van der Waals surface area contributed by atoms with Crippen LogP contribution >= 0.6 is 0 Å². The Morgan fingerprint density at radius 1 is 0.508 bits per heavy atom. The average Bonchev–Trinajstić information content (AvgIpc) is 3.87. The van der Waals surface area contributed by atoms with Crippen LogP contribution in [0.1, 0.15) is 52.7 Å². The molecule has 9 heteroatoms. The summed E-state index contributed by atoms with van der Waals surface area (Å²) in [5, 5.41) is 2.33. The Morgan fingerprint density at radius 2 is 1.10 bits per heavy atom. The first-order valence-electron chi connectivity index (χ1n) is 20.8. The first-order valence-corrected chi connectivity index (χ1v) is 20.8. The Kier molecular flexibility index (Phi) is 7.32. The van der Waals surface area contributed by atoms with Crippen LogP contribution in [0.15, 0.2) is 140 Å². The Labute approximate surface area is 354 Å². The molecule has 12 rings (SSSR count). The molecule has 6 aromatic carbocycles. The molecule has 0 bridgehead atoms. The number of benzene rings is 6. The molecule has 0 unspecified atom stereocenters. The Morgan fingerprint density at radius 3 is 1.75 bits per heavy atom. The first-order chi connectivity index (χ1) is 29.4. The van der Waals surface area contributed by atoms with Crippen molar-refractivity contribution in [1.29, 1.82) is 0 Å². The fourth-order valence-corrected chi connectivity index (χ4v) is 8.98. The zero-order chi connectivity index (χ0) is 41.4. The van der Waals surface area contributed by atoms with E-state index < -0.39 is 0 Å². The predicted molar refractivity (Wildman–Crippen MR) is 243 cm³/mol. The maximum absolute atomic E-state index is 6.83. The molecule has 0 aliphatic carbocycles. The number of para-hydroxylation sites is 3. The summed E-state index contributed by atoms with van der Waals surface area (Å²) in [6.07, 6.45) is 6.14. The third kappa shape index (κ3) is 5.57. The van der Waals surface area contributed by atoms with Gasteiger partial charge >= 0.3 is 0 Å². The van der Waals surface area contributed by atoms with Gasteiger partial charge in [0.05, 0.1) is 17.7 Å². The number of nitrogens with zero attached hydrogens (tertiary/aromatic N) is 5. The fourth-order valence-electron chi connectivity index (χ4n) is 8.98. The molecule has 2 aromatic heterocycles. The fraction of sp³-hybridized carbons (Fsp3) is 0.173. The van der Waals surface area contributed by atoms with Gasteiger partial charge in [0.2, 0.25) is 0 Å². The van der Waals surface area contributed by atoms with E-state index in [4.69, 9.17) is 23.9 Å². The minimum atomic E-state index is -0.126. The van der Waals surface area contributed by atoms with E-state index >= 15 is 0 Å². The summed E-state index contributed by atoms with van der Waals surface area (Å²) in [4.78, 5) is 11.6. The van der Waals surface area contributed by atoms with Crippen LogP contribution in [0.25, 0.3) is 27.6 Å². The van der Waals surface area contributed by atoms with Gasteiger partial charge < -0.3 is 28.7 Å². The molecule has 300 valence electrons. The van der Waals surface area contributed by atoms with E-state index in [0.717, 1.165) is 96.7 Å². The van der Waals surface area contributed by atoms with E-state index in [1.165, 1.54) is 16.5 Å². The van der Waals surface area contributed by atoms with Gasteiger partial charge in [0.25, 0.3) is 0 Å². The summed E-state index contributed by atoms with van der Waals surface area (Å²) in [5.41, 5.74) is 9.05. The van der Waals surface area contributed by atoms with Crippen molar-refractivity contribution in [2.75, 3.05) is 21.4 Å².